The first kappa shape index (κ1) is 38.1. The van der Waals surface area contributed by atoms with Crippen molar-refractivity contribution in [3.05, 3.63) is 87.7 Å². The number of nitrogens with zero attached hydrogens (tertiary/aromatic N) is 4. The van der Waals surface area contributed by atoms with Gasteiger partial charge >= 0.3 is 0 Å². The summed E-state index contributed by atoms with van der Waals surface area (Å²) in [4.78, 5) is 30.2. The highest BCUT2D eigenvalue weighted by Gasteiger charge is 2.44. The number of hydrogen-bond donors (Lipinski definition) is 1. The van der Waals surface area contributed by atoms with E-state index in [2.05, 4.69) is 55.2 Å². The van der Waals surface area contributed by atoms with Crippen molar-refractivity contribution in [1.82, 2.24) is 14.5 Å². The van der Waals surface area contributed by atoms with Crippen molar-refractivity contribution < 1.29 is 28.0 Å². The minimum atomic E-state index is -3.63. The van der Waals surface area contributed by atoms with E-state index in [1.807, 2.05) is 25.1 Å². The van der Waals surface area contributed by atoms with Gasteiger partial charge in [-0.2, -0.15) is 5.10 Å². The monoisotopic (exact) mass is 773 g/mol. The van der Waals surface area contributed by atoms with Gasteiger partial charge in [0, 0.05) is 56.6 Å². The van der Waals surface area contributed by atoms with Gasteiger partial charge in [0.25, 0.3) is 11.8 Å². The molecule has 2 amide bonds. The first-order valence-corrected chi connectivity index (χ1v) is 20.7. The lowest BCUT2D eigenvalue weighted by Crippen LogP contribution is -2.49. The van der Waals surface area contributed by atoms with Crippen LogP contribution in [0, 0.1) is 29.6 Å². The first-order chi connectivity index (χ1) is 26.0. The van der Waals surface area contributed by atoms with Gasteiger partial charge in [-0.25, -0.2) is 4.21 Å². The Morgan fingerprint density at radius 1 is 1.20 bits per heavy atom. The minimum Gasteiger partial charge on any atom is -0.490 e. The molecule has 0 saturated heterocycles. The molecule has 1 saturated carbocycles. The summed E-state index contributed by atoms with van der Waals surface area (Å²) >= 11 is 6.47. The van der Waals surface area contributed by atoms with Gasteiger partial charge in [-0.05, 0) is 104 Å². The van der Waals surface area contributed by atoms with Crippen LogP contribution in [0.3, 0.4) is 0 Å². The van der Waals surface area contributed by atoms with Gasteiger partial charge in [-0.15, -0.1) is 4.36 Å². The van der Waals surface area contributed by atoms with Crippen LogP contribution in [0.25, 0.3) is 0 Å². The topological polar surface area (TPSA) is 124 Å². The molecular formula is C41H48ClN5O6S. The summed E-state index contributed by atoms with van der Waals surface area (Å²) in [6.45, 7) is 4.04. The molecule has 11 nitrogen and oxygen atoms in total. The zero-order valence-electron chi connectivity index (χ0n) is 31.3. The third-order valence-electron chi connectivity index (χ3n) is 11.3. The van der Waals surface area contributed by atoms with Crippen molar-refractivity contribution in [2.45, 2.75) is 57.0 Å². The van der Waals surface area contributed by atoms with Gasteiger partial charge < -0.3 is 19.1 Å². The highest BCUT2D eigenvalue weighted by Crippen LogP contribution is 2.47. The number of ether oxygens (including phenoxy) is 3. The van der Waals surface area contributed by atoms with Crippen LogP contribution >= 0.6 is 11.6 Å². The quantitative estimate of drug-likeness (QED) is 0.248. The van der Waals surface area contributed by atoms with E-state index in [1.165, 1.54) is 29.1 Å². The van der Waals surface area contributed by atoms with Crippen molar-refractivity contribution >= 4 is 39.0 Å². The predicted octanol–water partition coefficient (Wildman–Crippen LogP) is 6.13. The Morgan fingerprint density at radius 3 is 2.83 bits per heavy atom. The SMILES string of the molecule is COCC#Cc1nn(C)cc1C(=O)NS1(=O)=NC(=O)c2ccc3c(c2)N(C[C@@H]2CC[C@H]2[C@@H](OC)/C=C/C[C@H](C)C1)C[C@@]1(CCCc2cc(Cl)ccc21)CO3. The third-order valence-corrected chi connectivity index (χ3v) is 13.5. The fourth-order valence-electron chi connectivity index (χ4n) is 8.51. The van der Waals surface area contributed by atoms with E-state index in [-0.39, 0.29) is 46.6 Å². The molecule has 2 bridgehead atoms. The number of aromatic nitrogens is 2. The lowest BCUT2D eigenvalue weighted by molar-refractivity contribution is 0.0131. The molecule has 1 spiro atoms. The molecule has 13 heteroatoms. The number of aryl methyl sites for hydroxylation is 2. The summed E-state index contributed by atoms with van der Waals surface area (Å²) in [5.41, 5.74) is 3.64. The number of methoxy groups -OCH3 is 2. The Labute approximate surface area is 323 Å². The van der Waals surface area contributed by atoms with E-state index >= 15 is 0 Å². The van der Waals surface area contributed by atoms with Gasteiger partial charge in [0.2, 0.25) is 0 Å². The molecule has 3 heterocycles. The highest BCUT2D eigenvalue weighted by molar-refractivity contribution is 7.92. The van der Waals surface area contributed by atoms with Gasteiger partial charge in [0.05, 0.1) is 29.7 Å². The van der Waals surface area contributed by atoms with Crippen LogP contribution in [-0.2, 0) is 38.3 Å². The molecule has 7 rings (SSSR count). The molecule has 286 valence electrons. The number of amides is 2. The second-order valence-corrected chi connectivity index (χ2v) is 17.6. The molecule has 2 aromatic carbocycles. The Morgan fingerprint density at radius 2 is 2.06 bits per heavy atom. The standard InChI is InChI=1S/C41H48ClN5O6S/c1-27-8-5-11-37(52-4)32-15-12-30(32)22-47-25-41(18-6-9-28-20-31(42)14-16-34(28)41)26-53-38-17-13-29(21-36(38)47)39(48)44-54(50,24-27)45-40(49)33-23-46(2)43-35(33)10-7-19-51-3/h5,11,13-14,16-17,20-21,23,27,30,32,37H,6,8-9,12,15,18-19,22,24-26H2,1-4H3,(H,44,45,48,49,50)/b11-5+/t27-,30-,32+,37-,41-,54?/m0/s1. The highest BCUT2D eigenvalue weighted by atomic mass is 35.5. The van der Waals surface area contributed by atoms with Crippen molar-refractivity contribution in [2.75, 3.05) is 51.2 Å². The van der Waals surface area contributed by atoms with Crippen LogP contribution in [0.4, 0.5) is 5.69 Å². The molecule has 3 aromatic rings. The summed E-state index contributed by atoms with van der Waals surface area (Å²) < 4.78 is 40.9. The number of fused-ring (bicyclic) bond motifs is 4. The van der Waals surface area contributed by atoms with E-state index in [0.717, 1.165) is 49.4 Å². The summed E-state index contributed by atoms with van der Waals surface area (Å²) in [7, 11) is 1.32. The number of halogens is 1. The maximum Gasteiger partial charge on any atom is 0.286 e. The first-order valence-electron chi connectivity index (χ1n) is 18.6. The molecular weight excluding hydrogens is 726 g/mol. The Balaban J connectivity index is 1.29. The average molecular weight is 774 g/mol. The van der Waals surface area contributed by atoms with Crippen LogP contribution in [0.5, 0.6) is 5.75 Å². The summed E-state index contributed by atoms with van der Waals surface area (Å²) in [5, 5.41) is 5.03. The number of nitrogens with one attached hydrogen (secondary N) is 1. The molecule has 4 aliphatic rings. The number of carbonyl (C=O) groups excluding carboxylic acids is 2. The lowest BCUT2D eigenvalue weighted by Gasteiger charge is -2.46. The van der Waals surface area contributed by atoms with Crippen LogP contribution in [0.1, 0.15) is 76.6 Å². The number of allylic oxidation sites excluding steroid dienone is 1. The smallest absolute Gasteiger partial charge is 0.286 e. The second kappa shape index (κ2) is 15.9. The molecule has 0 radical (unpaired) electrons. The Bertz CT molecular complexity index is 2150. The molecule has 54 heavy (non-hydrogen) atoms. The zero-order valence-corrected chi connectivity index (χ0v) is 32.9. The fourth-order valence-corrected chi connectivity index (χ4v) is 10.6. The molecule has 1 fully saturated rings. The number of anilines is 1. The largest absolute Gasteiger partial charge is 0.490 e. The molecule has 1 unspecified atom stereocenters. The van der Waals surface area contributed by atoms with E-state index < -0.39 is 21.7 Å². The van der Waals surface area contributed by atoms with Gasteiger partial charge in [-0.3, -0.25) is 19.0 Å². The average Bonchev–Trinajstić information content (AvgIpc) is 3.43. The fraction of sp³-hybridized carbons (Fsp3) is 0.488. The molecule has 2 aliphatic heterocycles. The Hall–Kier alpha value is -4.15. The van der Waals surface area contributed by atoms with Gasteiger partial charge in [0.1, 0.15) is 28.0 Å². The van der Waals surface area contributed by atoms with Crippen molar-refractivity contribution in [1.29, 1.82) is 0 Å². The van der Waals surface area contributed by atoms with Gasteiger partial charge in [-0.1, -0.05) is 42.7 Å². The summed E-state index contributed by atoms with van der Waals surface area (Å²) in [6, 6.07) is 11.5. The van der Waals surface area contributed by atoms with Crippen LogP contribution in [-0.4, -0.2) is 78.2 Å². The number of carbonyl (C=O) groups is 2. The molecule has 6 atom stereocenters. The normalized spacial score (nSPS) is 28.5. The number of hydrogen-bond acceptors (Lipinski definition) is 8. The van der Waals surface area contributed by atoms with Crippen molar-refractivity contribution in [3.63, 3.8) is 0 Å². The van der Waals surface area contributed by atoms with Crippen LogP contribution in [0.2, 0.25) is 5.02 Å². The van der Waals surface area contributed by atoms with Crippen LogP contribution in [0.15, 0.2) is 59.1 Å². The maximum atomic E-state index is 14.7. The molecule has 2 aliphatic carbocycles. The minimum absolute atomic E-state index is 0.0460. The van der Waals surface area contributed by atoms with Crippen LogP contribution < -0.4 is 14.4 Å². The summed E-state index contributed by atoms with van der Waals surface area (Å²) in [6.07, 6.45) is 11.2. The van der Waals surface area contributed by atoms with E-state index in [9.17, 15) is 13.8 Å². The van der Waals surface area contributed by atoms with E-state index in [4.69, 9.17) is 25.8 Å². The lowest BCUT2D eigenvalue weighted by atomic mass is 9.68. The van der Waals surface area contributed by atoms with Crippen molar-refractivity contribution in [3.8, 4) is 17.6 Å². The summed E-state index contributed by atoms with van der Waals surface area (Å²) in [5.74, 6) is 5.43. The maximum absolute atomic E-state index is 14.7. The second-order valence-electron chi connectivity index (χ2n) is 15.2. The molecule has 1 aromatic heterocycles. The van der Waals surface area contributed by atoms with Gasteiger partial charge in [0.15, 0.2) is 0 Å². The van der Waals surface area contributed by atoms with E-state index in [0.29, 0.717) is 37.2 Å². The third kappa shape index (κ3) is 7.96. The molecule has 1 N–H and O–H groups in total. The predicted molar refractivity (Wildman–Crippen MR) is 209 cm³/mol. The zero-order chi connectivity index (χ0) is 38.0. The van der Waals surface area contributed by atoms with Crippen molar-refractivity contribution in [2.24, 2.45) is 29.2 Å². The Kier molecular flexibility index (Phi) is 11.2. The van der Waals surface area contributed by atoms with E-state index in [1.54, 1.807) is 20.2 Å². The number of rotatable bonds is 4. The number of benzene rings is 2.